The number of nitrogens with two attached hydrogens (primary N) is 1. The van der Waals surface area contributed by atoms with E-state index in [1.807, 2.05) is 0 Å². The molecule has 0 aliphatic carbocycles. The van der Waals surface area contributed by atoms with Crippen molar-refractivity contribution in [2.75, 3.05) is 6.61 Å². The van der Waals surface area contributed by atoms with Crippen LogP contribution < -0.4 is 5.14 Å². The van der Waals surface area contributed by atoms with Gasteiger partial charge in [-0.1, -0.05) is 0 Å². The number of carboxylic acid groups (broad SMARTS) is 1. The monoisotopic (exact) mass is 234 g/mol. The summed E-state index contributed by atoms with van der Waals surface area (Å²) in [7, 11) is -4.06. The summed E-state index contributed by atoms with van der Waals surface area (Å²) in [5, 5.41) is 22.3. The Hall–Kier alpha value is -1.38. The van der Waals surface area contributed by atoms with E-state index in [1.54, 1.807) is 0 Å². The van der Waals surface area contributed by atoms with Gasteiger partial charge in [0.25, 0.3) is 0 Å². The molecule has 0 saturated heterocycles. The fourth-order valence-electron chi connectivity index (χ4n) is 1.20. The molecule has 1 aromatic heterocycles. The highest BCUT2D eigenvalue weighted by atomic mass is 32.2. The zero-order chi connectivity index (χ0) is 11.6. The van der Waals surface area contributed by atoms with Crippen LogP contribution in [0.3, 0.4) is 0 Å². The third kappa shape index (κ3) is 2.35. The van der Waals surface area contributed by atoms with Crippen LogP contribution in [0.15, 0.2) is 17.2 Å². The molecule has 0 amide bonds. The summed E-state index contributed by atoms with van der Waals surface area (Å²) in [6.07, 6.45) is 1.25. The van der Waals surface area contributed by atoms with Crippen molar-refractivity contribution in [3.05, 3.63) is 18.0 Å². The maximum atomic E-state index is 11.0. The molecular formula is C7H10N2O5S. The molecule has 0 fully saturated rings. The Bertz CT molecular complexity index is 476. The summed E-state index contributed by atoms with van der Waals surface area (Å²) in [5.41, 5.74) is -0.438. The lowest BCUT2D eigenvalue weighted by atomic mass is 10.4. The summed E-state index contributed by atoms with van der Waals surface area (Å²) in [5.74, 6) is -1.41. The second-order valence-electron chi connectivity index (χ2n) is 2.80. The van der Waals surface area contributed by atoms with Crippen LogP contribution in [0.4, 0.5) is 0 Å². The van der Waals surface area contributed by atoms with Crippen molar-refractivity contribution in [1.29, 1.82) is 0 Å². The highest BCUT2D eigenvalue weighted by Gasteiger charge is 2.23. The number of carboxylic acids is 1. The lowest BCUT2D eigenvalue weighted by molar-refractivity contribution is 0.0679. The summed E-state index contributed by atoms with van der Waals surface area (Å²) in [4.78, 5) is 10.3. The first-order chi connectivity index (χ1) is 6.88. The van der Waals surface area contributed by atoms with Gasteiger partial charge in [-0.3, -0.25) is 0 Å². The minimum atomic E-state index is -4.06. The van der Waals surface area contributed by atoms with Crippen molar-refractivity contribution in [3.63, 3.8) is 0 Å². The second-order valence-corrected chi connectivity index (χ2v) is 4.33. The lowest BCUT2D eigenvalue weighted by Crippen LogP contribution is -2.18. The number of aromatic nitrogens is 1. The van der Waals surface area contributed by atoms with Gasteiger partial charge in [0.15, 0.2) is 0 Å². The van der Waals surface area contributed by atoms with E-state index in [1.165, 1.54) is 6.20 Å². The number of nitrogens with zero attached hydrogens (tertiary/aromatic N) is 1. The van der Waals surface area contributed by atoms with Crippen LogP contribution in [0.25, 0.3) is 0 Å². The normalized spacial score (nSPS) is 11.6. The summed E-state index contributed by atoms with van der Waals surface area (Å²) < 4.78 is 23.1. The molecule has 1 heterocycles. The van der Waals surface area contributed by atoms with Gasteiger partial charge in [0.1, 0.15) is 10.6 Å². The van der Waals surface area contributed by atoms with Crippen molar-refractivity contribution in [3.8, 4) is 0 Å². The van der Waals surface area contributed by atoms with Crippen molar-refractivity contribution in [2.45, 2.75) is 11.4 Å². The third-order valence-electron chi connectivity index (χ3n) is 1.78. The molecule has 4 N–H and O–H groups in total. The Balaban J connectivity index is 3.37. The molecule has 0 radical (unpaired) electrons. The number of aromatic carboxylic acids is 1. The first-order valence-electron chi connectivity index (χ1n) is 3.94. The van der Waals surface area contributed by atoms with Crippen molar-refractivity contribution >= 4 is 16.0 Å². The Morgan fingerprint density at radius 1 is 1.53 bits per heavy atom. The third-order valence-corrected chi connectivity index (χ3v) is 2.72. The molecule has 1 aromatic rings. The Labute approximate surface area is 85.8 Å². The maximum absolute atomic E-state index is 11.0. The molecule has 7 nitrogen and oxygen atoms in total. The SMILES string of the molecule is NS(=O)(=O)c1ccn(CCO)c1C(=O)O. The molecule has 1 rings (SSSR count). The van der Waals surface area contributed by atoms with E-state index in [0.29, 0.717) is 0 Å². The number of hydrogen-bond acceptors (Lipinski definition) is 4. The van der Waals surface area contributed by atoms with E-state index in [4.69, 9.17) is 15.4 Å². The number of aliphatic hydroxyl groups excluding tert-OH is 1. The van der Waals surface area contributed by atoms with Gasteiger partial charge in [0.05, 0.1) is 6.61 Å². The van der Waals surface area contributed by atoms with E-state index < -0.39 is 26.6 Å². The Morgan fingerprint density at radius 3 is 2.53 bits per heavy atom. The molecule has 84 valence electrons. The summed E-state index contributed by atoms with van der Waals surface area (Å²) in [6.45, 7) is -0.295. The van der Waals surface area contributed by atoms with Crippen LogP contribution in [0, 0.1) is 0 Å². The van der Waals surface area contributed by atoms with Crippen LogP contribution in [0.5, 0.6) is 0 Å². The molecule has 0 aliphatic rings. The predicted octanol–water partition coefficient (Wildman–Crippen LogP) is -1.17. The van der Waals surface area contributed by atoms with E-state index in [-0.39, 0.29) is 13.2 Å². The number of sulfonamides is 1. The van der Waals surface area contributed by atoms with Crippen LogP contribution in [-0.4, -0.2) is 35.8 Å². The number of carbonyl (C=O) groups is 1. The first-order valence-corrected chi connectivity index (χ1v) is 5.48. The minimum absolute atomic E-state index is 0.00282. The zero-order valence-electron chi connectivity index (χ0n) is 7.62. The fraction of sp³-hybridized carbons (Fsp3) is 0.286. The average Bonchev–Trinajstić information content (AvgIpc) is 2.47. The lowest BCUT2D eigenvalue weighted by Gasteiger charge is -2.04. The standard InChI is InChI=1S/C7H10N2O5S/c8-15(13,14)5-1-2-9(3-4-10)6(5)7(11)12/h1-2,10H,3-4H2,(H,11,12)(H2,8,13,14). The quantitative estimate of drug-likeness (QED) is 0.605. The predicted molar refractivity (Wildman–Crippen MR) is 49.9 cm³/mol. The van der Waals surface area contributed by atoms with Crippen molar-refractivity contribution in [1.82, 2.24) is 4.57 Å². The smallest absolute Gasteiger partial charge is 0.353 e. The van der Waals surface area contributed by atoms with Crippen molar-refractivity contribution in [2.24, 2.45) is 5.14 Å². The van der Waals surface area contributed by atoms with Crippen LogP contribution in [0.1, 0.15) is 10.5 Å². The maximum Gasteiger partial charge on any atom is 0.353 e. The van der Waals surface area contributed by atoms with Gasteiger partial charge in [0.2, 0.25) is 10.0 Å². The van der Waals surface area contributed by atoms with E-state index in [0.717, 1.165) is 10.6 Å². The number of aliphatic hydroxyl groups is 1. The van der Waals surface area contributed by atoms with Gasteiger partial charge in [-0.25, -0.2) is 18.4 Å². The molecular weight excluding hydrogens is 224 g/mol. The number of hydrogen-bond donors (Lipinski definition) is 3. The van der Waals surface area contributed by atoms with E-state index in [9.17, 15) is 13.2 Å². The second kappa shape index (κ2) is 4.01. The van der Waals surface area contributed by atoms with E-state index in [2.05, 4.69) is 0 Å². The molecule has 0 bridgehead atoms. The highest BCUT2D eigenvalue weighted by molar-refractivity contribution is 7.89. The fourth-order valence-corrected chi connectivity index (χ4v) is 1.93. The molecule has 0 unspecified atom stereocenters. The topological polar surface area (TPSA) is 123 Å². The minimum Gasteiger partial charge on any atom is -0.477 e. The number of primary sulfonamides is 1. The molecule has 8 heteroatoms. The summed E-state index contributed by atoms with van der Waals surface area (Å²) >= 11 is 0. The zero-order valence-corrected chi connectivity index (χ0v) is 8.44. The molecule has 0 saturated carbocycles. The summed E-state index contributed by atoms with van der Waals surface area (Å²) in [6, 6.07) is 1.09. The van der Waals surface area contributed by atoms with Crippen LogP contribution in [0.2, 0.25) is 0 Å². The molecule has 15 heavy (non-hydrogen) atoms. The van der Waals surface area contributed by atoms with Gasteiger partial charge in [-0.15, -0.1) is 0 Å². The average molecular weight is 234 g/mol. The van der Waals surface area contributed by atoms with E-state index >= 15 is 0 Å². The molecule has 0 aliphatic heterocycles. The van der Waals surface area contributed by atoms with Gasteiger partial charge in [0, 0.05) is 12.7 Å². The molecule has 0 spiro atoms. The van der Waals surface area contributed by atoms with Gasteiger partial charge >= 0.3 is 5.97 Å². The Kier molecular flexibility index (Phi) is 3.12. The Morgan fingerprint density at radius 2 is 2.13 bits per heavy atom. The largest absolute Gasteiger partial charge is 0.477 e. The van der Waals surface area contributed by atoms with Gasteiger partial charge in [-0.2, -0.15) is 0 Å². The van der Waals surface area contributed by atoms with Gasteiger partial charge < -0.3 is 14.8 Å². The molecule has 0 atom stereocenters. The first kappa shape index (κ1) is 11.7. The number of rotatable bonds is 4. The van der Waals surface area contributed by atoms with Crippen LogP contribution >= 0.6 is 0 Å². The van der Waals surface area contributed by atoms with Gasteiger partial charge in [-0.05, 0) is 6.07 Å². The van der Waals surface area contributed by atoms with Crippen LogP contribution in [-0.2, 0) is 16.6 Å². The van der Waals surface area contributed by atoms with Crippen molar-refractivity contribution < 1.29 is 23.4 Å². The molecule has 0 aromatic carbocycles. The highest BCUT2D eigenvalue weighted by Crippen LogP contribution is 2.15.